The zero-order valence-electron chi connectivity index (χ0n) is 15.9. The maximum atomic E-state index is 12.8. The molecule has 0 saturated heterocycles. The van der Waals surface area contributed by atoms with E-state index in [4.69, 9.17) is 0 Å². The number of anilines is 2. The molecule has 1 aliphatic rings. The molecule has 0 saturated carbocycles. The quantitative estimate of drug-likeness (QED) is 0.816. The molecule has 4 nitrogen and oxygen atoms in total. The van der Waals surface area contributed by atoms with Crippen molar-refractivity contribution in [3.8, 4) is 0 Å². The van der Waals surface area contributed by atoms with Crippen molar-refractivity contribution in [1.82, 2.24) is 10.3 Å². The van der Waals surface area contributed by atoms with Crippen molar-refractivity contribution in [3.05, 3.63) is 59.7 Å². The first-order chi connectivity index (χ1) is 12.7. The SMILES string of the molecule is CCCN(CCC)CC(=O)NN1c2ccccc2CCc2ccccc21. The lowest BCUT2D eigenvalue weighted by Crippen LogP contribution is -2.45. The van der Waals surface area contributed by atoms with Crippen LogP contribution < -0.4 is 10.4 Å². The van der Waals surface area contributed by atoms with Crippen LogP contribution in [0.15, 0.2) is 48.5 Å². The minimum Gasteiger partial charge on any atom is -0.294 e. The summed E-state index contributed by atoms with van der Waals surface area (Å²) in [4.78, 5) is 15.0. The summed E-state index contributed by atoms with van der Waals surface area (Å²) in [5.74, 6) is 0.0402. The average Bonchev–Trinajstić information content (AvgIpc) is 2.80. The molecule has 0 spiro atoms. The first-order valence-electron chi connectivity index (χ1n) is 9.70. The minimum absolute atomic E-state index is 0.0402. The number of carbonyl (C=O) groups excluding carboxylic acids is 1. The van der Waals surface area contributed by atoms with E-state index in [1.165, 1.54) is 11.1 Å². The number of para-hydroxylation sites is 2. The van der Waals surface area contributed by atoms with Crippen molar-refractivity contribution in [2.24, 2.45) is 0 Å². The van der Waals surface area contributed by atoms with Gasteiger partial charge in [-0.05, 0) is 62.0 Å². The summed E-state index contributed by atoms with van der Waals surface area (Å²) in [5, 5.41) is 1.98. The molecular weight excluding hydrogens is 322 g/mol. The van der Waals surface area contributed by atoms with Gasteiger partial charge >= 0.3 is 0 Å². The molecule has 1 heterocycles. The number of fused-ring (bicyclic) bond motifs is 2. The summed E-state index contributed by atoms with van der Waals surface area (Å²) in [6.07, 6.45) is 4.08. The molecule has 138 valence electrons. The van der Waals surface area contributed by atoms with Crippen LogP contribution in [0.5, 0.6) is 0 Å². The molecule has 1 N–H and O–H groups in total. The molecule has 2 aromatic rings. The summed E-state index contributed by atoms with van der Waals surface area (Å²) in [7, 11) is 0. The Bertz CT molecular complexity index is 690. The fourth-order valence-corrected chi connectivity index (χ4v) is 3.67. The third kappa shape index (κ3) is 4.25. The maximum Gasteiger partial charge on any atom is 0.252 e. The van der Waals surface area contributed by atoms with Gasteiger partial charge in [0.2, 0.25) is 0 Å². The summed E-state index contributed by atoms with van der Waals surface area (Å²) < 4.78 is 0. The third-order valence-corrected chi connectivity index (χ3v) is 4.81. The fraction of sp³-hybridized carbons (Fsp3) is 0.409. The molecule has 4 heteroatoms. The van der Waals surface area contributed by atoms with Crippen molar-refractivity contribution < 1.29 is 4.79 Å². The number of aryl methyl sites for hydroxylation is 2. The Balaban J connectivity index is 1.85. The Hall–Kier alpha value is -2.33. The van der Waals surface area contributed by atoms with E-state index in [9.17, 15) is 4.79 Å². The van der Waals surface area contributed by atoms with Crippen molar-refractivity contribution in [2.45, 2.75) is 39.5 Å². The highest BCUT2D eigenvalue weighted by molar-refractivity contribution is 5.83. The number of hydrogen-bond acceptors (Lipinski definition) is 3. The first kappa shape index (κ1) is 18.5. The van der Waals surface area contributed by atoms with E-state index < -0.39 is 0 Å². The van der Waals surface area contributed by atoms with Crippen LogP contribution in [0.4, 0.5) is 11.4 Å². The first-order valence-corrected chi connectivity index (χ1v) is 9.70. The van der Waals surface area contributed by atoms with Crippen molar-refractivity contribution in [3.63, 3.8) is 0 Å². The van der Waals surface area contributed by atoms with Gasteiger partial charge in [-0.1, -0.05) is 50.2 Å². The maximum absolute atomic E-state index is 12.8. The normalized spacial score (nSPS) is 13.1. The van der Waals surface area contributed by atoms with Crippen molar-refractivity contribution >= 4 is 17.3 Å². The third-order valence-electron chi connectivity index (χ3n) is 4.81. The van der Waals surface area contributed by atoms with Gasteiger partial charge in [0.05, 0.1) is 17.9 Å². The zero-order valence-corrected chi connectivity index (χ0v) is 15.9. The van der Waals surface area contributed by atoms with E-state index in [0.717, 1.165) is 50.1 Å². The fourth-order valence-electron chi connectivity index (χ4n) is 3.67. The predicted molar refractivity (Wildman–Crippen MR) is 108 cm³/mol. The van der Waals surface area contributed by atoms with Gasteiger partial charge in [0.15, 0.2) is 0 Å². The van der Waals surface area contributed by atoms with Crippen LogP contribution in [0, 0.1) is 0 Å². The van der Waals surface area contributed by atoms with Gasteiger partial charge < -0.3 is 0 Å². The van der Waals surface area contributed by atoms with Crippen LogP contribution in [0.1, 0.15) is 37.8 Å². The molecule has 0 unspecified atom stereocenters. The smallest absolute Gasteiger partial charge is 0.252 e. The van der Waals surface area contributed by atoms with E-state index in [0.29, 0.717) is 6.54 Å². The van der Waals surface area contributed by atoms with Crippen LogP contribution in [-0.2, 0) is 17.6 Å². The standard InChI is InChI=1S/C22H29N3O/c1-3-15-24(16-4-2)17-22(26)23-25-20-11-7-5-9-18(20)13-14-19-10-6-8-12-21(19)25/h5-12H,3-4,13-17H2,1-2H3,(H,23,26). The van der Waals surface area contributed by atoms with E-state index in [2.05, 4.69) is 60.6 Å². The van der Waals surface area contributed by atoms with Gasteiger partial charge in [0, 0.05) is 0 Å². The van der Waals surface area contributed by atoms with Crippen molar-refractivity contribution in [1.29, 1.82) is 0 Å². The number of carbonyl (C=O) groups is 1. The van der Waals surface area contributed by atoms with Crippen LogP contribution >= 0.6 is 0 Å². The van der Waals surface area contributed by atoms with E-state index >= 15 is 0 Å². The lowest BCUT2D eigenvalue weighted by molar-refractivity contribution is -0.122. The molecule has 0 bridgehead atoms. The summed E-state index contributed by atoms with van der Waals surface area (Å²) in [5.41, 5.74) is 7.85. The summed E-state index contributed by atoms with van der Waals surface area (Å²) in [6, 6.07) is 16.7. The molecular formula is C22H29N3O. The molecule has 3 rings (SSSR count). The van der Waals surface area contributed by atoms with Crippen LogP contribution in [0.3, 0.4) is 0 Å². The predicted octanol–water partition coefficient (Wildman–Crippen LogP) is 4.08. The van der Waals surface area contributed by atoms with Gasteiger partial charge in [0.1, 0.15) is 0 Å². The second-order valence-electron chi connectivity index (χ2n) is 6.90. The summed E-state index contributed by atoms with van der Waals surface area (Å²) in [6.45, 7) is 6.65. The van der Waals surface area contributed by atoms with E-state index in [1.54, 1.807) is 0 Å². The zero-order chi connectivity index (χ0) is 18.4. The molecule has 0 aliphatic carbocycles. The average molecular weight is 351 g/mol. The Morgan fingerprint density at radius 2 is 1.42 bits per heavy atom. The number of hydrazine groups is 1. The number of hydrogen-bond donors (Lipinski definition) is 1. The number of nitrogens with zero attached hydrogens (tertiary/aromatic N) is 2. The molecule has 1 amide bonds. The van der Waals surface area contributed by atoms with Gasteiger partial charge in [-0.2, -0.15) is 0 Å². The highest BCUT2D eigenvalue weighted by Crippen LogP contribution is 2.34. The van der Waals surface area contributed by atoms with Gasteiger partial charge in [-0.3, -0.25) is 20.1 Å². The molecule has 1 aliphatic heterocycles. The number of amides is 1. The lowest BCUT2D eigenvalue weighted by Gasteiger charge is -2.29. The minimum atomic E-state index is 0.0402. The van der Waals surface area contributed by atoms with Crippen molar-refractivity contribution in [2.75, 3.05) is 24.6 Å². The van der Waals surface area contributed by atoms with Crippen LogP contribution in [0.2, 0.25) is 0 Å². The van der Waals surface area contributed by atoms with Crippen LogP contribution in [-0.4, -0.2) is 30.4 Å². The number of nitrogens with one attached hydrogen (secondary N) is 1. The summed E-state index contributed by atoms with van der Waals surface area (Å²) >= 11 is 0. The number of benzene rings is 2. The Kier molecular flexibility index (Phi) is 6.29. The van der Waals surface area contributed by atoms with Crippen LogP contribution in [0.25, 0.3) is 0 Å². The lowest BCUT2D eigenvalue weighted by atomic mass is 10.0. The molecule has 0 aromatic heterocycles. The Morgan fingerprint density at radius 3 is 1.92 bits per heavy atom. The molecule has 2 aromatic carbocycles. The molecule has 0 radical (unpaired) electrons. The molecule has 0 fully saturated rings. The topological polar surface area (TPSA) is 35.6 Å². The second-order valence-corrected chi connectivity index (χ2v) is 6.90. The highest BCUT2D eigenvalue weighted by atomic mass is 16.2. The monoisotopic (exact) mass is 351 g/mol. The molecule has 0 atom stereocenters. The Morgan fingerprint density at radius 1 is 0.923 bits per heavy atom. The van der Waals surface area contributed by atoms with E-state index in [1.807, 2.05) is 17.1 Å². The molecule has 26 heavy (non-hydrogen) atoms. The Labute approximate surface area is 156 Å². The van der Waals surface area contributed by atoms with Gasteiger partial charge in [0.25, 0.3) is 5.91 Å². The largest absolute Gasteiger partial charge is 0.294 e. The second kappa shape index (κ2) is 8.86. The number of rotatable bonds is 7. The van der Waals surface area contributed by atoms with Gasteiger partial charge in [-0.25, -0.2) is 0 Å². The van der Waals surface area contributed by atoms with Gasteiger partial charge in [-0.15, -0.1) is 0 Å². The highest BCUT2D eigenvalue weighted by Gasteiger charge is 2.22. The van der Waals surface area contributed by atoms with E-state index in [-0.39, 0.29) is 5.91 Å².